The molecule has 0 aliphatic heterocycles. The van der Waals surface area contributed by atoms with Gasteiger partial charge in [-0.15, -0.1) is 0 Å². The quantitative estimate of drug-likeness (QED) is 0.746. The second kappa shape index (κ2) is 6.53. The zero-order valence-corrected chi connectivity index (χ0v) is 14.1. The van der Waals surface area contributed by atoms with E-state index in [0.717, 1.165) is 17.0 Å². The average Bonchev–Trinajstić information content (AvgIpc) is 2.91. The molecule has 2 aromatic heterocycles. The van der Waals surface area contributed by atoms with E-state index in [9.17, 15) is 4.79 Å². The first-order valence-corrected chi connectivity index (χ1v) is 7.80. The maximum Gasteiger partial charge on any atom is 0.307 e. The van der Waals surface area contributed by atoms with Crippen LogP contribution in [0.1, 0.15) is 22.5 Å². The molecule has 0 aliphatic rings. The topological polar surface area (TPSA) is 72.6 Å². The first kappa shape index (κ1) is 16.3. The number of nitrogens with zero attached hydrogens (tertiary/aromatic N) is 1. The summed E-state index contributed by atoms with van der Waals surface area (Å²) in [6.45, 7) is 4.21. The number of benzene rings is 1. The smallest absolute Gasteiger partial charge is 0.307 e. The molecule has 0 amide bonds. The normalized spacial score (nSPS) is 11.0. The van der Waals surface area contributed by atoms with Crippen molar-refractivity contribution in [3.63, 3.8) is 0 Å². The van der Waals surface area contributed by atoms with Crippen molar-refractivity contribution in [1.82, 2.24) is 4.98 Å². The number of furan rings is 1. The first-order chi connectivity index (χ1) is 11.5. The predicted molar refractivity (Wildman–Crippen MR) is 90.6 cm³/mol. The number of ether oxygens (including phenoxy) is 1. The molecule has 1 N–H and O–H groups in total. The summed E-state index contributed by atoms with van der Waals surface area (Å²) in [5, 5.41) is 9.94. The SMILES string of the molecule is Cc1ccc(COc2ccc3c(CC(=O)O)coc3c2Cl)c(C)n1. The maximum absolute atomic E-state index is 10.9. The summed E-state index contributed by atoms with van der Waals surface area (Å²) in [6, 6.07) is 7.39. The highest BCUT2D eigenvalue weighted by atomic mass is 35.5. The number of rotatable bonds is 5. The van der Waals surface area contributed by atoms with Crippen LogP contribution in [0.4, 0.5) is 0 Å². The number of hydrogen-bond donors (Lipinski definition) is 1. The molecule has 5 nitrogen and oxygen atoms in total. The molecule has 124 valence electrons. The van der Waals surface area contributed by atoms with Gasteiger partial charge in [-0.05, 0) is 32.0 Å². The number of halogens is 1. The molecule has 0 saturated carbocycles. The van der Waals surface area contributed by atoms with Crippen molar-refractivity contribution in [2.24, 2.45) is 0 Å². The largest absolute Gasteiger partial charge is 0.487 e. The van der Waals surface area contributed by atoms with Crippen LogP contribution >= 0.6 is 11.6 Å². The molecular weight excluding hydrogens is 330 g/mol. The highest BCUT2D eigenvalue weighted by Crippen LogP contribution is 2.36. The van der Waals surface area contributed by atoms with Crippen molar-refractivity contribution >= 4 is 28.5 Å². The number of carbonyl (C=O) groups is 1. The highest BCUT2D eigenvalue weighted by Gasteiger charge is 2.15. The van der Waals surface area contributed by atoms with E-state index in [1.54, 1.807) is 12.1 Å². The molecule has 24 heavy (non-hydrogen) atoms. The van der Waals surface area contributed by atoms with Gasteiger partial charge >= 0.3 is 5.97 Å². The highest BCUT2D eigenvalue weighted by molar-refractivity contribution is 6.36. The summed E-state index contributed by atoms with van der Waals surface area (Å²) in [4.78, 5) is 15.3. The molecule has 0 radical (unpaired) electrons. The van der Waals surface area contributed by atoms with E-state index in [-0.39, 0.29) is 6.42 Å². The van der Waals surface area contributed by atoms with Crippen LogP contribution in [0.5, 0.6) is 5.75 Å². The van der Waals surface area contributed by atoms with Crippen LogP contribution in [-0.2, 0) is 17.8 Å². The summed E-state index contributed by atoms with van der Waals surface area (Å²) >= 11 is 6.34. The molecule has 0 aliphatic carbocycles. The Morgan fingerprint density at radius 1 is 1.25 bits per heavy atom. The standard InChI is InChI=1S/C18H16ClNO4/c1-10-3-4-12(11(2)20-10)8-23-15-6-5-14-13(7-16(21)22)9-24-18(14)17(15)19/h3-6,9H,7-8H2,1-2H3,(H,21,22). The van der Waals surface area contributed by atoms with Crippen molar-refractivity contribution in [3.8, 4) is 5.75 Å². The summed E-state index contributed by atoms with van der Waals surface area (Å²) in [7, 11) is 0. The third-order valence-electron chi connectivity index (χ3n) is 3.79. The van der Waals surface area contributed by atoms with Crippen LogP contribution < -0.4 is 4.74 Å². The van der Waals surface area contributed by atoms with Gasteiger partial charge < -0.3 is 14.3 Å². The van der Waals surface area contributed by atoms with Crippen molar-refractivity contribution in [2.75, 3.05) is 0 Å². The Morgan fingerprint density at radius 2 is 2.04 bits per heavy atom. The number of carboxylic acid groups (broad SMARTS) is 1. The lowest BCUT2D eigenvalue weighted by atomic mass is 10.1. The van der Waals surface area contributed by atoms with E-state index in [0.29, 0.717) is 33.9 Å². The van der Waals surface area contributed by atoms with E-state index in [1.165, 1.54) is 6.26 Å². The van der Waals surface area contributed by atoms with Gasteiger partial charge in [0.1, 0.15) is 17.4 Å². The molecule has 0 saturated heterocycles. The van der Waals surface area contributed by atoms with Gasteiger partial charge in [0.2, 0.25) is 0 Å². The molecule has 1 aromatic carbocycles. The number of aliphatic carboxylic acids is 1. The number of fused-ring (bicyclic) bond motifs is 1. The van der Waals surface area contributed by atoms with Gasteiger partial charge in [0.05, 0.1) is 12.7 Å². The van der Waals surface area contributed by atoms with Crippen LogP contribution in [0, 0.1) is 13.8 Å². The molecule has 0 bridgehead atoms. The van der Waals surface area contributed by atoms with Crippen molar-refractivity contribution in [2.45, 2.75) is 26.9 Å². The first-order valence-electron chi connectivity index (χ1n) is 7.42. The minimum absolute atomic E-state index is 0.113. The van der Waals surface area contributed by atoms with Crippen molar-refractivity contribution in [3.05, 3.63) is 58.1 Å². The fourth-order valence-corrected chi connectivity index (χ4v) is 2.80. The molecule has 3 aromatic rings. The van der Waals surface area contributed by atoms with E-state index < -0.39 is 5.97 Å². The molecular formula is C18H16ClNO4. The van der Waals surface area contributed by atoms with Gasteiger partial charge in [-0.3, -0.25) is 9.78 Å². The lowest BCUT2D eigenvalue weighted by molar-refractivity contribution is -0.136. The second-order valence-corrected chi connectivity index (χ2v) is 5.95. The summed E-state index contributed by atoms with van der Waals surface area (Å²) in [5.41, 5.74) is 3.86. The minimum atomic E-state index is -0.920. The minimum Gasteiger partial charge on any atom is -0.487 e. The monoisotopic (exact) mass is 345 g/mol. The number of hydrogen-bond acceptors (Lipinski definition) is 4. The van der Waals surface area contributed by atoms with E-state index in [2.05, 4.69) is 4.98 Å². The van der Waals surface area contributed by atoms with Gasteiger partial charge in [-0.1, -0.05) is 17.7 Å². The summed E-state index contributed by atoms with van der Waals surface area (Å²) < 4.78 is 11.2. The van der Waals surface area contributed by atoms with Crippen LogP contribution in [-0.4, -0.2) is 16.1 Å². The summed E-state index contributed by atoms with van der Waals surface area (Å²) in [6.07, 6.45) is 1.31. The number of carboxylic acids is 1. The third kappa shape index (κ3) is 3.21. The molecule has 0 spiro atoms. The lowest BCUT2D eigenvalue weighted by Crippen LogP contribution is -2.01. The number of aryl methyl sites for hydroxylation is 2. The zero-order valence-electron chi connectivity index (χ0n) is 13.3. The number of pyridine rings is 1. The molecule has 3 rings (SSSR count). The van der Waals surface area contributed by atoms with Gasteiger partial charge in [-0.25, -0.2) is 0 Å². The molecule has 6 heteroatoms. The molecule has 0 atom stereocenters. The Kier molecular flexibility index (Phi) is 4.44. The molecule has 0 unspecified atom stereocenters. The Hall–Kier alpha value is -2.53. The fourth-order valence-electron chi connectivity index (χ4n) is 2.53. The average molecular weight is 346 g/mol. The fraction of sp³-hybridized carbons (Fsp3) is 0.222. The Labute approximate surface area is 143 Å². The lowest BCUT2D eigenvalue weighted by Gasteiger charge is -2.10. The zero-order chi connectivity index (χ0) is 17.3. The molecule has 0 fully saturated rings. The number of aromatic nitrogens is 1. The van der Waals surface area contributed by atoms with Gasteiger partial charge in [0, 0.05) is 27.9 Å². The summed E-state index contributed by atoms with van der Waals surface area (Å²) in [5.74, 6) is -0.433. The van der Waals surface area contributed by atoms with Gasteiger partial charge in [0.25, 0.3) is 0 Å². The van der Waals surface area contributed by atoms with Crippen LogP contribution in [0.2, 0.25) is 5.02 Å². The van der Waals surface area contributed by atoms with Crippen LogP contribution in [0.15, 0.2) is 34.9 Å². The van der Waals surface area contributed by atoms with E-state index in [4.69, 9.17) is 25.9 Å². The van der Waals surface area contributed by atoms with Crippen molar-refractivity contribution in [1.29, 1.82) is 0 Å². The van der Waals surface area contributed by atoms with Gasteiger partial charge in [0.15, 0.2) is 5.58 Å². The van der Waals surface area contributed by atoms with Crippen LogP contribution in [0.3, 0.4) is 0 Å². The predicted octanol–water partition coefficient (Wildman–Crippen LogP) is 4.30. The van der Waals surface area contributed by atoms with Crippen molar-refractivity contribution < 1.29 is 19.1 Å². The van der Waals surface area contributed by atoms with Gasteiger partial charge in [-0.2, -0.15) is 0 Å². The third-order valence-corrected chi connectivity index (χ3v) is 4.14. The maximum atomic E-state index is 10.9. The van der Waals surface area contributed by atoms with E-state index in [1.807, 2.05) is 26.0 Å². The van der Waals surface area contributed by atoms with E-state index >= 15 is 0 Å². The Morgan fingerprint density at radius 3 is 2.75 bits per heavy atom. The Bertz CT molecular complexity index is 917. The Balaban J connectivity index is 1.85. The second-order valence-electron chi connectivity index (χ2n) is 5.57. The molecule has 2 heterocycles. The van der Waals surface area contributed by atoms with Crippen LogP contribution in [0.25, 0.3) is 11.0 Å².